The number of esters is 1. The summed E-state index contributed by atoms with van der Waals surface area (Å²) in [6, 6.07) is 5.02. The van der Waals surface area contributed by atoms with Crippen LogP contribution in [-0.4, -0.2) is 69.0 Å². The minimum absolute atomic E-state index is 0.0774. The summed E-state index contributed by atoms with van der Waals surface area (Å²) in [4.78, 5) is 48.1. The van der Waals surface area contributed by atoms with E-state index < -0.39 is 36.9 Å². The number of carbonyl (C=O) groups is 4. The average Bonchev–Trinajstić information content (AvgIpc) is 2.57. The molecule has 1 heterocycles. The summed E-state index contributed by atoms with van der Waals surface area (Å²) < 4.78 is 28.4. The van der Waals surface area contributed by atoms with Crippen molar-refractivity contribution < 1.29 is 37.6 Å². The lowest BCUT2D eigenvalue weighted by atomic mass is 9.77. The van der Waals surface area contributed by atoms with Gasteiger partial charge in [0.1, 0.15) is 0 Å². The number of nitrogens with zero attached hydrogens (tertiary/aromatic N) is 1. The fraction of sp³-hybridized carbons (Fsp3) is 0.333. The molecule has 132 valence electrons. The minimum Gasteiger partial charge on any atom is -0.496 e. The van der Waals surface area contributed by atoms with Crippen LogP contribution in [0.15, 0.2) is 24.3 Å². The molecule has 0 N–H and O–H groups in total. The van der Waals surface area contributed by atoms with E-state index in [1.165, 1.54) is 43.3 Å². The van der Waals surface area contributed by atoms with Crippen LogP contribution in [0.25, 0.3) is 0 Å². The van der Waals surface area contributed by atoms with Crippen molar-refractivity contribution >= 4 is 30.8 Å². The van der Waals surface area contributed by atoms with Crippen LogP contribution in [0.5, 0.6) is 0 Å². The second kappa shape index (κ2) is 7.89. The Hall–Kier alpha value is -2.75. The number of halogens is 1. The Morgan fingerprint density at radius 1 is 1.12 bits per heavy atom. The molecule has 0 spiro atoms. The smallest absolute Gasteiger partial charge is 0.496 e. The van der Waals surface area contributed by atoms with Crippen molar-refractivity contribution in [2.75, 3.05) is 27.2 Å². The predicted molar refractivity (Wildman–Crippen MR) is 82.4 cm³/mol. The molecular formula is C15H15BFNO7. The number of methoxy groups -OCH3 is 1. The second-order valence-electron chi connectivity index (χ2n) is 5.36. The largest absolute Gasteiger partial charge is 0.644 e. The number of hydrogen-bond acceptors (Lipinski definition) is 8. The number of alkyl halides is 1. The summed E-state index contributed by atoms with van der Waals surface area (Å²) >= 11 is 0. The molecule has 25 heavy (non-hydrogen) atoms. The highest BCUT2D eigenvalue weighted by Crippen LogP contribution is 2.14. The highest BCUT2D eigenvalue weighted by atomic mass is 19.1. The van der Waals surface area contributed by atoms with E-state index in [0.29, 0.717) is 0 Å². The molecule has 1 atom stereocenters. The first-order chi connectivity index (χ1) is 11.8. The molecule has 10 heteroatoms. The molecule has 1 aromatic rings. The van der Waals surface area contributed by atoms with Crippen molar-refractivity contribution in [3.05, 3.63) is 35.4 Å². The Labute approximate surface area is 143 Å². The summed E-state index contributed by atoms with van der Waals surface area (Å²) in [5, 5.41) is 0. The fourth-order valence-electron chi connectivity index (χ4n) is 2.15. The van der Waals surface area contributed by atoms with E-state index in [1.54, 1.807) is 0 Å². The van der Waals surface area contributed by atoms with Gasteiger partial charge < -0.3 is 14.0 Å². The Bertz CT molecular complexity index is 674. The first-order valence-electron chi connectivity index (χ1n) is 7.26. The fourth-order valence-corrected chi connectivity index (χ4v) is 2.15. The van der Waals surface area contributed by atoms with Crippen molar-refractivity contribution in [2.24, 2.45) is 0 Å². The first kappa shape index (κ1) is 18.6. The maximum Gasteiger partial charge on any atom is 0.644 e. The molecule has 0 saturated carbocycles. The number of likely N-dealkylation sites (N-methyl/N-ethyl adjacent to an activating group) is 1. The standard InChI is InChI=1S/C15H15BFNO7/c1-18-7-11(19)24-16(25-12(20)8-18)14(17)13(21)9-3-5-10(6-4-9)15(22)23-2/h3-6,14H,7-8H2,1-2H3/t14-/m0/s1. The van der Waals surface area contributed by atoms with Crippen molar-refractivity contribution in [3.8, 4) is 0 Å². The second-order valence-corrected chi connectivity index (χ2v) is 5.36. The molecule has 8 nitrogen and oxygen atoms in total. The minimum atomic E-state index is -2.39. The van der Waals surface area contributed by atoms with E-state index in [1.807, 2.05) is 0 Å². The number of Topliss-reactive ketones (excluding diaryl/α,β-unsaturated/α-hetero) is 1. The molecule has 1 aromatic carbocycles. The van der Waals surface area contributed by atoms with Gasteiger partial charge in [-0.3, -0.25) is 19.3 Å². The van der Waals surface area contributed by atoms with Gasteiger partial charge in [-0.05, 0) is 19.2 Å². The molecule has 0 aromatic heterocycles. The molecule has 2 rings (SSSR count). The molecule has 1 fully saturated rings. The van der Waals surface area contributed by atoms with Crippen LogP contribution in [0, 0.1) is 0 Å². The number of ether oxygens (including phenoxy) is 1. The summed E-state index contributed by atoms with van der Waals surface area (Å²) in [7, 11) is 0.735. The first-order valence-corrected chi connectivity index (χ1v) is 7.26. The molecule has 1 aliphatic rings. The van der Waals surface area contributed by atoms with E-state index in [0.717, 1.165) is 0 Å². The molecule has 1 saturated heterocycles. The molecule has 0 radical (unpaired) electrons. The van der Waals surface area contributed by atoms with Crippen LogP contribution in [0.2, 0.25) is 0 Å². The summed E-state index contributed by atoms with van der Waals surface area (Å²) in [6.45, 7) is -0.472. The van der Waals surface area contributed by atoms with Gasteiger partial charge in [0.25, 0.3) is 0 Å². The normalized spacial score (nSPS) is 17.0. The summed E-state index contributed by atoms with van der Waals surface area (Å²) in [5.74, 6) is -3.30. The van der Waals surface area contributed by atoms with Gasteiger partial charge in [0.15, 0.2) is 5.78 Å². The molecule has 0 unspecified atom stereocenters. The Morgan fingerprint density at radius 2 is 1.60 bits per heavy atom. The van der Waals surface area contributed by atoms with Crippen molar-refractivity contribution in [2.45, 2.75) is 6.07 Å². The third-order valence-corrected chi connectivity index (χ3v) is 3.37. The molecule has 0 aliphatic carbocycles. The van der Waals surface area contributed by atoms with E-state index in [9.17, 15) is 23.6 Å². The van der Waals surface area contributed by atoms with Gasteiger partial charge in [-0.15, -0.1) is 0 Å². The predicted octanol–water partition coefficient (Wildman–Crippen LogP) is 0.0532. The topological polar surface area (TPSA) is 99.2 Å². The van der Waals surface area contributed by atoms with Crippen LogP contribution in [0.4, 0.5) is 4.39 Å². The third-order valence-electron chi connectivity index (χ3n) is 3.37. The van der Waals surface area contributed by atoms with Crippen LogP contribution in [0.3, 0.4) is 0 Å². The van der Waals surface area contributed by atoms with Crippen LogP contribution in [-0.2, 0) is 23.6 Å². The maximum atomic E-state index is 14.4. The SMILES string of the molecule is COC(=O)c1ccc(C(=O)[C@H](F)B2OC(=O)CN(C)CC(=O)O2)cc1. The van der Waals surface area contributed by atoms with Gasteiger partial charge in [0.2, 0.25) is 6.07 Å². The number of carbonyl (C=O) groups excluding carboxylic acids is 4. The third kappa shape index (κ3) is 4.63. The number of ketones is 1. The highest BCUT2D eigenvalue weighted by molar-refractivity contribution is 6.56. The van der Waals surface area contributed by atoms with Crippen molar-refractivity contribution in [3.63, 3.8) is 0 Å². The Kier molecular flexibility index (Phi) is 5.86. The Morgan fingerprint density at radius 3 is 2.08 bits per heavy atom. The molecule has 0 bridgehead atoms. The van der Waals surface area contributed by atoms with Gasteiger partial charge in [-0.2, -0.15) is 0 Å². The average molecular weight is 351 g/mol. The Balaban J connectivity index is 2.13. The van der Waals surface area contributed by atoms with Gasteiger partial charge >= 0.3 is 25.0 Å². The van der Waals surface area contributed by atoms with Crippen LogP contribution >= 0.6 is 0 Å². The van der Waals surface area contributed by atoms with Crippen molar-refractivity contribution in [1.29, 1.82) is 0 Å². The van der Waals surface area contributed by atoms with Gasteiger partial charge in [-0.1, -0.05) is 12.1 Å². The lowest BCUT2D eigenvalue weighted by Gasteiger charge is -2.23. The van der Waals surface area contributed by atoms with Crippen LogP contribution in [0.1, 0.15) is 20.7 Å². The zero-order chi connectivity index (χ0) is 18.6. The summed E-state index contributed by atoms with van der Waals surface area (Å²) in [5.41, 5.74) is 0.104. The van der Waals surface area contributed by atoms with Gasteiger partial charge in [0, 0.05) is 5.56 Å². The van der Waals surface area contributed by atoms with E-state index in [4.69, 9.17) is 9.31 Å². The van der Waals surface area contributed by atoms with E-state index in [-0.39, 0.29) is 24.2 Å². The summed E-state index contributed by atoms with van der Waals surface area (Å²) in [6.07, 6.45) is -2.39. The van der Waals surface area contributed by atoms with Gasteiger partial charge in [0.05, 0.1) is 25.8 Å². The lowest BCUT2D eigenvalue weighted by Crippen LogP contribution is -2.48. The zero-order valence-electron chi connectivity index (χ0n) is 13.6. The monoisotopic (exact) mass is 351 g/mol. The number of benzene rings is 1. The molecular weight excluding hydrogens is 336 g/mol. The van der Waals surface area contributed by atoms with E-state index in [2.05, 4.69) is 4.74 Å². The number of rotatable bonds is 4. The highest BCUT2D eigenvalue weighted by Gasteiger charge is 2.44. The van der Waals surface area contributed by atoms with Crippen LogP contribution < -0.4 is 0 Å². The van der Waals surface area contributed by atoms with Crippen molar-refractivity contribution in [1.82, 2.24) is 4.90 Å². The van der Waals surface area contributed by atoms with Gasteiger partial charge in [-0.25, -0.2) is 9.18 Å². The quantitative estimate of drug-likeness (QED) is 0.426. The zero-order valence-corrected chi connectivity index (χ0v) is 13.6. The molecule has 1 aliphatic heterocycles. The number of hydrogen-bond donors (Lipinski definition) is 0. The molecule has 0 amide bonds. The maximum absolute atomic E-state index is 14.4. The lowest BCUT2D eigenvalue weighted by molar-refractivity contribution is -0.146. The van der Waals surface area contributed by atoms with E-state index >= 15 is 0 Å².